The Labute approximate surface area is 474 Å². The summed E-state index contributed by atoms with van der Waals surface area (Å²) in [5.41, 5.74) is 20.9. The molecule has 0 saturated heterocycles. The van der Waals surface area contributed by atoms with Crippen LogP contribution in [0.3, 0.4) is 0 Å². The van der Waals surface area contributed by atoms with E-state index in [2.05, 4.69) is 217 Å². The number of nitrogens with zero attached hydrogens (tertiary/aromatic N) is 4. The Morgan fingerprint density at radius 1 is 0.301 bits per heavy atom. The van der Waals surface area contributed by atoms with E-state index in [9.17, 15) is 0 Å². The molecular weight excluding hydrogens is 1020 g/mol. The summed E-state index contributed by atoms with van der Waals surface area (Å²) in [5.74, 6) is 1.40. The van der Waals surface area contributed by atoms with Gasteiger partial charge in [0.2, 0.25) is 0 Å². The van der Waals surface area contributed by atoms with Gasteiger partial charge < -0.3 is 17.8 Å². The molecule has 1 aliphatic rings. The molecular formula is C76H44N4O3. The molecule has 83 heavy (non-hydrogen) atoms. The quantitative estimate of drug-likeness (QED) is 0.158. The zero-order chi connectivity index (χ0) is 54.3. The van der Waals surface area contributed by atoms with Crippen LogP contribution in [0.1, 0.15) is 22.6 Å². The predicted octanol–water partition coefficient (Wildman–Crippen LogP) is 20.2. The minimum Gasteiger partial charge on any atom is -0.456 e. The van der Waals surface area contributed by atoms with E-state index in [1.165, 1.54) is 22.1 Å². The smallest absolute Gasteiger partial charge is 0.164 e. The lowest BCUT2D eigenvalue weighted by Gasteiger charge is -2.24. The Morgan fingerprint density at radius 3 is 1.42 bits per heavy atom. The summed E-state index contributed by atoms with van der Waals surface area (Å²) in [6, 6.07) is 92.3. The Balaban J connectivity index is 0.885. The first-order valence-corrected chi connectivity index (χ1v) is 28.1. The van der Waals surface area contributed by atoms with Crippen molar-refractivity contribution in [3.05, 3.63) is 278 Å². The number of furan rings is 3. The molecule has 7 nitrogen and oxygen atoms in total. The number of aromatic nitrogens is 4. The summed E-state index contributed by atoms with van der Waals surface area (Å²) in [7, 11) is 0. The van der Waals surface area contributed by atoms with Crippen LogP contribution in [0.2, 0.25) is 0 Å². The lowest BCUT2D eigenvalue weighted by molar-refractivity contribution is 0.668. The lowest BCUT2D eigenvalue weighted by Crippen LogP contribution is -2.06. The van der Waals surface area contributed by atoms with Gasteiger partial charge in [0.05, 0.1) is 11.0 Å². The largest absolute Gasteiger partial charge is 0.456 e. The van der Waals surface area contributed by atoms with Crippen molar-refractivity contribution >= 4 is 87.6 Å². The fourth-order valence-corrected chi connectivity index (χ4v) is 13.5. The molecule has 7 heteroatoms. The van der Waals surface area contributed by atoms with E-state index >= 15 is 0 Å². The molecule has 0 bridgehead atoms. The van der Waals surface area contributed by atoms with E-state index in [-0.39, 0.29) is 5.92 Å². The Kier molecular flexibility index (Phi) is 9.73. The van der Waals surface area contributed by atoms with Crippen LogP contribution in [0.25, 0.3) is 161 Å². The van der Waals surface area contributed by atoms with E-state index < -0.39 is 0 Å². The van der Waals surface area contributed by atoms with Gasteiger partial charge in [-0.15, -0.1) is 0 Å². The van der Waals surface area contributed by atoms with Crippen molar-refractivity contribution in [3.63, 3.8) is 0 Å². The summed E-state index contributed by atoms with van der Waals surface area (Å²) in [5, 5.41) is 8.70. The second-order valence-electron chi connectivity index (χ2n) is 21.7. The van der Waals surface area contributed by atoms with Crippen LogP contribution >= 0.6 is 0 Å². The van der Waals surface area contributed by atoms with Gasteiger partial charge in [-0.05, 0) is 117 Å². The summed E-state index contributed by atoms with van der Waals surface area (Å²) in [6.45, 7) is 0. The second-order valence-corrected chi connectivity index (χ2v) is 21.7. The maximum Gasteiger partial charge on any atom is 0.164 e. The van der Waals surface area contributed by atoms with E-state index in [4.69, 9.17) is 28.2 Å². The molecule has 5 heterocycles. The van der Waals surface area contributed by atoms with Crippen molar-refractivity contribution in [2.24, 2.45) is 0 Å². The average Bonchev–Trinajstić information content (AvgIpc) is 3.31. The molecule has 1 atom stereocenters. The molecule has 1 unspecified atom stereocenters. The third-order valence-corrected chi connectivity index (χ3v) is 17.1. The van der Waals surface area contributed by atoms with E-state index in [0.717, 1.165) is 138 Å². The number of hydrogen-bond acceptors (Lipinski definition) is 6. The molecule has 0 aliphatic heterocycles. The highest BCUT2D eigenvalue weighted by atomic mass is 16.3. The Morgan fingerprint density at radius 2 is 0.783 bits per heavy atom. The summed E-state index contributed by atoms with van der Waals surface area (Å²) >= 11 is 0. The van der Waals surface area contributed by atoms with Crippen molar-refractivity contribution < 1.29 is 13.3 Å². The van der Waals surface area contributed by atoms with Crippen LogP contribution in [-0.2, 0) is 0 Å². The van der Waals surface area contributed by atoms with Gasteiger partial charge in [-0.1, -0.05) is 188 Å². The zero-order valence-electron chi connectivity index (χ0n) is 44.4. The predicted molar refractivity (Wildman–Crippen MR) is 336 cm³/mol. The fraction of sp³-hybridized carbons (Fsp3) is 0.0132. The van der Waals surface area contributed by atoms with E-state index in [1.807, 2.05) is 48.5 Å². The third kappa shape index (κ3) is 6.89. The second kappa shape index (κ2) is 17.7. The summed E-state index contributed by atoms with van der Waals surface area (Å²) in [4.78, 5) is 16.2. The van der Waals surface area contributed by atoms with Crippen LogP contribution in [0.5, 0.6) is 0 Å². The van der Waals surface area contributed by atoms with Crippen LogP contribution in [0.4, 0.5) is 0 Å². The van der Waals surface area contributed by atoms with Gasteiger partial charge in [0.15, 0.2) is 23.1 Å². The van der Waals surface area contributed by atoms with Crippen LogP contribution < -0.4 is 0 Å². The standard InChI is InChI=1S/C76H44N4O3/c1-4-18-44(19-5-1)61-40-48(76-78-74(46-32-34-53-51-25-13-16-30-64(51)81-66(53)42-46)77-75(79-76)47-33-35-54-52-26-14-17-31-65(52)82-67(54)43-47)41-62(45-20-6-2-7-21-45)69(61)68-55-27-10-11-28-56(55)70-60(68)39-38-58-59-37-36-57-50-24-12-15-29-63(50)80(49-22-8-3-9-23-49)71(57)73(59)83-72(58)70/h1-43,68H. The molecule has 0 fully saturated rings. The van der Waals surface area contributed by atoms with Gasteiger partial charge in [0.25, 0.3) is 0 Å². The van der Waals surface area contributed by atoms with Gasteiger partial charge in [-0.2, -0.15) is 0 Å². The van der Waals surface area contributed by atoms with Gasteiger partial charge in [-0.3, -0.25) is 0 Å². The first kappa shape index (κ1) is 45.7. The van der Waals surface area contributed by atoms with Crippen molar-refractivity contribution in [1.82, 2.24) is 19.5 Å². The van der Waals surface area contributed by atoms with E-state index in [0.29, 0.717) is 17.5 Å². The highest BCUT2D eigenvalue weighted by Crippen LogP contribution is 2.56. The average molecular weight is 1060 g/mol. The molecule has 1 aliphatic carbocycles. The summed E-state index contributed by atoms with van der Waals surface area (Å²) in [6.07, 6.45) is 0. The Hall–Kier alpha value is -11.2. The monoisotopic (exact) mass is 1060 g/mol. The normalized spacial score (nSPS) is 13.2. The lowest BCUT2D eigenvalue weighted by atomic mass is 9.79. The van der Waals surface area contributed by atoms with Crippen molar-refractivity contribution in [1.29, 1.82) is 0 Å². The van der Waals surface area contributed by atoms with Crippen molar-refractivity contribution in [3.8, 4) is 73.2 Å². The molecule has 12 aromatic carbocycles. The van der Waals surface area contributed by atoms with Crippen LogP contribution in [0, 0.1) is 0 Å². The molecule has 5 aromatic heterocycles. The Bertz CT molecular complexity index is 5330. The van der Waals surface area contributed by atoms with Gasteiger partial charge >= 0.3 is 0 Å². The highest BCUT2D eigenvalue weighted by molar-refractivity contribution is 6.23. The van der Waals surface area contributed by atoms with Crippen molar-refractivity contribution in [2.75, 3.05) is 0 Å². The number of hydrogen-bond donors (Lipinski definition) is 0. The molecule has 0 spiro atoms. The maximum atomic E-state index is 7.47. The molecule has 0 amide bonds. The molecule has 0 saturated carbocycles. The highest BCUT2D eigenvalue weighted by Gasteiger charge is 2.37. The van der Waals surface area contributed by atoms with Crippen LogP contribution in [-0.4, -0.2) is 19.5 Å². The summed E-state index contributed by atoms with van der Waals surface area (Å²) < 4.78 is 22.8. The topological polar surface area (TPSA) is 83.0 Å². The van der Waals surface area contributed by atoms with Gasteiger partial charge in [0, 0.05) is 76.9 Å². The number of para-hydroxylation sites is 4. The first-order valence-electron chi connectivity index (χ1n) is 28.1. The number of fused-ring (bicyclic) bond motifs is 17. The molecule has 18 rings (SSSR count). The zero-order valence-corrected chi connectivity index (χ0v) is 44.4. The van der Waals surface area contributed by atoms with Gasteiger partial charge in [-0.25, -0.2) is 15.0 Å². The molecule has 386 valence electrons. The van der Waals surface area contributed by atoms with Crippen molar-refractivity contribution in [2.45, 2.75) is 5.92 Å². The fourth-order valence-electron chi connectivity index (χ4n) is 13.5. The third-order valence-electron chi connectivity index (χ3n) is 17.1. The molecule has 0 N–H and O–H groups in total. The van der Waals surface area contributed by atoms with E-state index in [1.54, 1.807) is 0 Å². The van der Waals surface area contributed by atoms with Crippen LogP contribution in [0.15, 0.2) is 274 Å². The number of benzene rings is 12. The molecule has 17 aromatic rings. The minimum absolute atomic E-state index is 0.190. The van der Waals surface area contributed by atoms with Gasteiger partial charge in [0.1, 0.15) is 27.9 Å². The molecule has 0 radical (unpaired) electrons. The SMILES string of the molecule is c1ccc(-c2cc(-c3nc(-c4ccc5c(c4)oc4ccccc45)nc(-c4ccc5c(c4)oc4ccccc45)n3)cc(-c3ccccc3)c2C2c3ccccc3-c3c2ccc2c3oc3c2ccc2c4ccccc4n(-c4ccccc4)c23)cc1. The first-order chi connectivity index (χ1) is 41.1. The minimum atomic E-state index is -0.190. The number of rotatable bonds is 7. The maximum absolute atomic E-state index is 7.47.